The van der Waals surface area contributed by atoms with Crippen LogP contribution in [0, 0.1) is 29.6 Å². The van der Waals surface area contributed by atoms with Crippen molar-refractivity contribution < 1.29 is 9.84 Å². The van der Waals surface area contributed by atoms with Gasteiger partial charge in [-0.05, 0) is 36.0 Å². The van der Waals surface area contributed by atoms with Crippen LogP contribution in [0.5, 0.6) is 0 Å². The maximum absolute atomic E-state index is 9.25. The predicted octanol–water partition coefficient (Wildman–Crippen LogP) is 1.06. The van der Waals surface area contributed by atoms with E-state index in [1.807, 2.05) is 7.11 Å². The van der Waals surface area contributed by atoms with Gasteiger partial charge in [0.15, 0.2) is 0 Å². The van der Waals surface area contributed by atoms with Gasteiger partial charge in [0.25, 0.3) is 0 Å². The van der Waals surface area contributed by atoms with Gasteiger partial charge in [0.1, 0.15) is 0 Å². The van der Waals surface area contributed by atoms with Gasteiger partial charge >= 0.3 is 0 Å². The lowest BCUT2D eigenvalue weighted by Gasteiger charge is -2.36. The lowest BCUT2D eigenvalue weighted by atomic mass is 9.68. The molecule has 0 spiro atoms. The minimum atomic E-state index is 0.345. The molecule has 0 saturated heterocycles. The highest BCUT2D eigenvalue weighted by atomic mass is 16.5. The van der Waals surface area contributed by atoms with Crippen molar-refractivity contribution in [1.29, 1.82) is 0 Å². The smallest absolute Gasteiger partial charge is 0.0642 e. The topological polar surface area (TPSA) is 29.5 Å². The van der Waals surface area contributed by atoms with E-state index >= 15 is 0 Å². The van der Waals surface area contributed by atoms with E-state index in [0.717, 1.165) is 11.8 Å². The van der Waals surface area contributed by atoms with Crippen LogP contribution in [0.15, 0.2) is 12.2 Å². The van der Waals surface area contributed by atoms with Crippen LogP contribution in [-0.4, -0.2) is 24.9 Å². The molecular weight excluding hydrogens is 164 g/mol. The van der Waals surface area contributed by atoms with Gasteiger partial charge in [-0.25, -0.2) is 0 Å². The fraction of sp³-hybridized carbons (Fsp3) is 0.818. The molecule has 6 atom stereocenters. The standard InChI is InChI=1S/C11H16O2/c1-13-11-9-4-6(5-12)10(11)8-3-2-7(8)9/h2-3,6-12H,4-5H2,1H3. The SMILES string of the molecule is COC1C2CC(CO)C1C1C=CC12. The van der Waals surface area contributed by atoms with Gasteiger partial charge in [0.2, 0.25) is 0 Å². The molecule has 2 heteroatoms. The maximum atomic E-state index is 9.25. The summed E-state index contributed by atoms with van der Waals surface area (Å²) in [6.07, 6.45) is 6.23. The average molecular weight is 180 g/mol. The van der Waals surface area contributed by atoms with E-state index in [1.54, 1.807) is 0 Å². The third-order valence-corrected chi connectivity index (χ3v) is 4.37. The van der Waals surface area contributed by atoms with Crippen molar-refractivity contribution in [3.05, 3.63) is 12.2 Å². The van der Waals surface area contributed by atoms with Crippen molar-refractivity contribution in [2.45, 2.75) is 12.5 Å². The normalized spacial score (nSPS) is 56.5. The molecule has 0 aromatic carbocycles. The van der Waals surface area contributed by atoms with Crippen LogP contribution in [-0.2, 0) is 4.74 Å². The first-order valence-corrected chi connectivity index (χ1v) is 5.18. The van der Waals surface area contributed by atoms with Crippen LogP contribution in [0.4, 0.5) is 0 Å². The Morgan fingerprint density at radius 1 is 1.38 bits per heavy atom. The van der Waals surface area contributed by atoms with E-state index in [2.05, 4.69) is 12.2 Å². The third-order valence-electron chi connectivity index (χ3n) is 4.37. The van der Waals surface area contributed by atoms with E-state index in [0.29, 0.717) is 30.5 Å². The zero-order valence-corrected chi connectivity index (χ0v) is 7.89. The molecule has 2 fully saturated rings. The van der Waals surface area contributed by atoms with Crippen LogP contribution in [0.25, 0.3) is 0 Å². The highest BCUT2D eigenvalue weighted by Crippen LogP contribution is 2.60. The average Bonchev–Trinajstić information content (AvgIpc) is 2.50. The van der Waals surface area contributed by atoms with Crippen LogP contribution in [0.3, 0.4) is 0 Å². The number of hydrogen-bond donors (Lipinski definition) is 1. The Balaban J connectivity index is 1.90. The Morgan fingerprint density at radius 3 is 2.69 bits per heavy atom. The van der Waals surface area contributed by atoms with E-state index in [9.17, 15) is 5.11 Å². The van der Waals surface area contributed by atoms with Crippen molar-refractivity contribution in [1.82, 2.24) is 0 Å². The maximum Gasteiger partial charge on any atom is 0.0642 e. The van der Waals surface area contributed by atoms with Gasteiger partial charge in [-0.1, -0.05) is 12.2 Å². The summed E-state index contributed by atoms with van der Waals surface area (Å²) in [5.41, 5.74) is 0. The first-order chi connectivity index (χ1) is 6.36. The molecule has 72 valence electrons. The summed E-state index contributed by atoms with van der Waals surface area (Å²) in [6.45, 7) is 0.345. The summed E-state index contributed by atoms with van der Waals surface area (Å²) >= 11 is 0. The van der Waals surface area contributed by atoms with Crippen molar-refractivity contribution in [3.8, 4) is 0 Å². The van der Waals surface area contributed by atoms with Gasteiger partial charge < -0.3 is 9.84 Å². The Hall–Kier alpha value is -0.340. The highest BCUT2D eigenvalue weighted by molar-refractivity contribution is 5.23. The molecule has 2 nitrogen and oxygen atoms in total. The number of fused-ring (bicyclic) bond motifs is 5. The number of aliphatic hydroxyl groups excluding tert-OH is 1. The number of ether oxygens (including phenoxy) is 1. The second-order valence-corrected chi connectivity index (χ2v) is 4.66. The summed E-state index contributed by atoms with van der Waals surface area (Å²) in [5, 5.41) is 9.25. The van der Waals surface area contributed by atoms with E-state index < -0.39 is 0 Å². The molecule has 0 aliphatic heterocycles. The van der Waals surface area contributed by atoms with Crippen molar-refractivity contribution in [3.63, 3.8) is 0 Å². The van der Waals surface area contributed by atoms with Crippen molar-refractivity contribution >= 4 is 0 Å². The van der Waals surface area contributed by atoms with Crippen molar-refractivity contribution in [2.75, 3.05) is 13.7 Å². The molecule has 0 aromatic heterocycles. The number of methoxy groups -OCH3 is 1. The first kappa shape index (κ1) is 8.01. The highest BCUT2D eigenvalue weighted by Gasteiger charge is 2.59. The second-order valence-electron chi connectivity index (χ2n) is 4.66. The molecule has 3 aliphatic rings. The first-order valence-electron chi connectivity index (χ1n) is 5.18. The summed E-state index contributed by atoms with van der Waals surface area (Å²) in [5.74, 6) is 3.30. The lowest BCUT2D eigenvalue weighted by Crippen LogP contribution is -2.32. The molecule has 0 heterocycles. The fourth-order valence-corrected chi connectivity index (χ4v) is 3.81. The fourth-order valence-electron chi connectivity index (χ4n) is 3.81. The number of rotatable bonds is 2. The summed E-state index contributed by atoms with van der Waals surface area (Å²) in [4.78, 5) is 0. The van der Waals surface area contributed by atoms with Gasteiger partial charge in [-0.15, -0.1) is 0 Å². The van der Waals surface area contributed by atoms with Crippen molar-refractivity contribution in [2.24, 2.45) is 29.6 Å². The largest absolute Gasteiger partial charge is 0.396 e. The minimum absolute atomic E-state index is 0.345. The van der Waals surface area contributed by atoms with E-state index in [4.69, 9.17) is 4.74 Å². The Bertz CT molecular complexity index is 248. The third kappa shape index (κ3) is 0.810. The summed E-state index contributed by atoms with van der Waals surface area (Å²) in [6, 6.07) is 0. The van der Waals surface area contributed by atoms with Crippen LogP contribution in [0.1, 0.15) is 6.42 Å². The Labute approximate surface area is 78.6 Å². The molecule has 6 unspecified atom stereocenters. The molecule has 13 heavy (non-hydrogen) atoms. The van der Waals surface area contributed by atoms with Crippen LogP contribution >= 0.6 is 0 Å². The van der Waals surface area contributed by atoms with E-state index in [-0.39, 0.29) is 0 Å². The number of allylic oxidation sites excluding steroid dienone is 2. The molecule has 0 radical (unpaired) electrons. The molecule has 2 bridgehead atoms. The Morgan fingerprint density at radius 2 is 2.15 bits per heavy atom. The van der Waals surface area contributed by atoms with Gasteiger partial charge in [0, 0.05) is 13.7 Å². The lowest BCUT2D eigenvalue weighted by molar-refractivity contribution is 0.0489. The van der Waals surface area contributed by atoms with Crippen LogP contribution in [0.2, 0.25) is 0 Å². The second kappa shape index (κ2) is 2.58. The molecule has 2 saturated carbocycles. The quantitative estimate of drug-likeness (QED) is 0.644. The minimum Gasteiger partial charge on any atom is -0.396 e. The number of aliphatic hydroxyl groups is 1. The van der Waals surface area contributed by atoms with Crippen LogP contribution < -0.4 is 0 Å². The number of hydrogen-bond acceptors (Lipinski definition) is 2. The van der Waals surface area contributed by atoms with Gasteiger partial charge in [-0.2, -0.15) is 0 Å². The monoisotopic (exact) mass is 180 g/mol. The molecular formula is C11H16O2. The molecule has 0 aromatic rings. The molecule has 1 N–H and O–H groups in total. The van der Waals surface area contributed by atoms with Gasteiger partial charge in [-0.3, -0.25) is 0 Å². The zero-order chi connectivity index (χ0) is 9.00. The molecule has 3 aliphatic carbocycles. The molecule has 0 amide bonds. The summed E-state index contributed by atoms with van der Waals surface area (Å²) < 4.78 is 5.56. The molecule has 3 rings (SSSR count). The van der Waals surface area contributed by atoms with E-state index in [1.165, 1.54) is 6.42 Å². The Kier molecular flexibility index (Phi) is 1.59. The summed E-state index contributed by atoms with van der Waals surface area (Å²) in [7, 11) is 1.81. The van der Waals surface area contributed by atoms with Gasteiger partial charge in [0.05, 0.1) is 6.10 Å². The zero-order valence-electron chi connectivity index (χ0n) is 7.89. The predicted molar refractivity (Wildman–Crippen MR) is 49.1 cm³/mol.